The molecule has 0 aliphatic rings. The Morgan fingerprint density at radius 3 is 2.67 bits per heavy atom. The van der Waals surface area contributed by atoms with Gasteiger partial charge in [-0.3, -0.25) is 0 Å². The third-order valence-corrected chi connectivity index (χ3v) is 3.75. The van der Waals surface area contributed by atoms with E-state index in [1.807, 2.05) is 6.92 Å². The predicted octanol–water partition coefficient (Wildman–Crippen LogP) is 3.29. The zero-order valence-corrected chi connectivity index (χ0v) is 10.9. The molecule has 0 aliphatic carbocycles. The monoisotopic (exact) mass is 226 g/mol. The topological polar surface area (TPSA) is 38.9 Å². The number of rotatable bonds is 6. The summed E-state index contributed by atoms with van der Waals surface area (Å²) >= 11 is 1.71. The molecule has 0 bridgehead atoms. The van der Waals surface area contributed by atoms with Gasteiger partial charge in [0.25, 0.3) is 0 Å². The highest BCUT2D eigenvalue weighted by molar-refractivity contribution is 7.09. The molecule has 86 valence electrons. The third-order valence-electron chi connectivity index (χ3n) is 2.93. The van der Waals surface area contributed by atoms with E-state index < -0.39 is 0 Å². The van der Waals surface area contributed by atoms with E-state index in [0.717, 1.165) is 30.0 Å². The number of aryl methyl sites for hydroxylation is 1. The van der Waals surface area contributed by atoms with Crippen LogP contribution in [0.1, 0.15) is 50.2 Å². The van der Waals surface area contributed by atoms with Gasteiger partial charge in [0.2, 0.25) is 0 Å². The molecule has 2 nitrogen and oxygen atoms in total. The molecule has 0 amide bonds. The Hall–Kier alpha value is -0.410. The molecule has 1 heterocycles. The van der Waals surface area contributed by atoms with Gasteiger partial charge in [-0.15, -0.1) is 11.3 Å². The minimum Gasteiger partial charge on any atom is -0.325 e. The quantitative estimate of drug-likeness (QED) is 0.808. The molecule has 0 spiro atoms. The molecule has 1 aromatic heterocycles. The van der Waals surface area contributed by atoms with Crippen molar-refractivity contribution < 1.29 is 0 Å². The van der Waals surface area contributed by atoms with E-state index in [-0.39, 0.29) is 5.54 Å². The Morgan fingerprint density at radius 2 is 2.20 bits per heavy atom. The first-order valence-electron chi connectivity index (χ1n) is 5.79. The molecule has 1 unspecified atom stereocenters. The highest BCUT2D eigenvalue weighted by Gasteiger charge is 2.23. The van der Waals surface area contributed by atoms with Crippen LogP contribution in [-0.2, 0) is 6.42 Å². The number of nitrogens with two attached hydrogens (primary N) is 1. The van der Waals surface area contributed by atoms with Gasteiger partial charge in [-0.25, -0.2) is 4.98 Å². The lowest BCUT2D eigenvalue weighted by atomic mass is 9.86. The molecule has 1 atom stereocenters. The van der Waals surface area contributed by atoms with Crippen molar-refractivity contribution in [2.45, 2.75) is 58.4 Å². The molecular formula is C12H22N2S. The predicted molar refractivity (Wildman–Crippen MR) is 67.3 cm³/mol. The van der Waals surface area contributed by atoms with E-state index in [0.29, 0.717) is 0 Å². The lowest BCUT2D eigenvalue weighted by Gasteiger charge is -2.27. The summed E-state index contributed by atoms with van der Waals surface area (Å²) in [5.74, 6) is 0. The smallest absolute Gasteiger partial charge is 0.0897 e. The van der Waals surface area contributed by atoms with Crippen LogP contribution >= 0.6 is 11.3 Å². The summed E-state index contributed by atoms with van der Waals surface area (Å²) in [4.78, 5) is 4.49. The average Bonchev–Trinajstić information content (AvgIpc) is 2.61. The van der Waals surface area contributed by atoms with E-state index in [1.54, 1.807) is 11.3 Å². The first-order chi connectivity index (χ1) is 7.09. The molecule has 0 fully saturated rings. The number of aromatic nitrogens is 1. The molecular weight excluding hydrogens is 204 g/mol. The van der Waals surface area contributed by atoms with Gasteiger partial charge in [-0.05, 0) is 19.8 Å². The minimum atomic E-state index is -0.0451. The van der Waals surface area contributed by atoms with Gasteiger partial charge in [0, 0.05) is 17.3 Å². The molecule has 0 aromatic carbocycles. The number of hydrogen-bond donors (Lipinski definition) is 1. The average molecular weight is 226 g/mol. The Bertz CT molecular complexity index is 296. The largest absolute Gasteiger partial charge is 0.325 e. The van der Waals surface area contributed by atoms with Crippen molar-refractivity contribution in [1.29, 1.82) is 0 Å². The molecule has 3 heteroatoms. The SMILES string of the molecule is CCCCC(N)(CC)Cc1csc(C)n1. The standard InChI is InChI=1S/C12H22N2S/c1-4-6-7-12(13,5-2)8-11-9-15-10(3)14-11/h9H,4-8,13H2,1-3H3. The molecule has 0 saturated carbocycles. The minimum absolute atomic E-state index is 0.0451. The van der Waals surface area contributed by atoms with Crippen LogP contribution in [0.25, 0.3) is 0 Å². The molecule has 0 saturated heterocycles. The van der Waals surface area contributed by atoms with Crippen LogP contribution in [0.4, 0.5) is 0 Å². The second kappa shape index (κ2) is 5.61. The highest BCUT2D eigenvalue weighted by atomic mass is 32.1. The summed E-state index contributed by atoms with van der Waals surface area (Å²) in [6.07, 6.45) is 5.50. The van der Waals surface area contributed by atoms with Crippen molar-refractivity contribution in [1.82, 2.24) is 4.98 Å². The lowest BCUT2D eigenvalue weighted by Crippen LogP contribution is -2.41. The van der Waals surface area contributed by atoms with Crippen LogP contribution in [0.3, 0.4) is 0 Å². The lowest BCUT2D eigenvalue weighted by molar-refractivity contribution is 0.362. The summed E-state index contributed by atoms with van der Waals surface area (Å²) in [7, 11) is 0. The van der Waals surface area contributed by atoms with Gasteiger partial charge in [-0.1, -0.05) is 26.7 Å². The fraction of sp³-hybridized carbons (Fsp3) is 0.750. The van der Waals surface area contributed by atoms with Crippen molar-refractivity contribution in [3.05, 3.63) is 16.1 Å². The van der Waals surface area contributed by atoms with Crippen molar-refractivity contribution in [3.63, 3.8) is 0 Å². The zero-order valence-electron chi connectivity index (χ0n) is 10.0. The second-order valence-corrected chi connectivity index (χ2v) is 5.42. The number of unbranched alkanes of at least 4 members (excludes halogenated alkanes) is 1. The van der Waals surface area contributed by atoms with Crippen LogP contribution in [0.15, 0.2) is 5.38 Å². The van der Waals surface area contributed by atoms with E-state index in [1.165, 1.54) is 12.8 Å². The summed E-state index contributed by atoms with van der Waals surface area (Å²) in [5.41, 5.74) is 7.51. The first kappa shape index (κ1) is 12.7. The number of nitrogens with zero attached hydrogens (tertiary/aromatic N) is 1. The normalized spacial score (nSPS) is 15.2. The van der Waals surface area contributed by atoms with E-state index in [2.05, 4.69) is 24.2 Å². The first-order valence-corrected chi connectivity index (χ1v) is 6.67. The Morgan fingerprint density at radius 1 is 1.47 bits per heavy atom. The van der Waals surface area contributed by atoms with Crippen molar-refractivity contribution in [2.24, 2.45) is 5.73 Å². The van der Waals surface area contributed by atoms with Crippen molar-refractivity contribution in [2.75, 3.05) is 0 Å². The van der Waals surface area contributed by atoms with Gasteiger partial charge in [0.05, 0.1) is 10.7 Å². The Balaban J connectivity index is 2.59. The fourth-order valence-electron chi connectivity index (χ4n) is 1.77. The second-order valence-electron chi connectivity index (χ2n) is 4.35. The van der Waals surface area contributed by atoms with Gasteiger partial charge >= 0.3 is 0 Å². The van der Waals surface area contributed by atoms with E-state index in [9.17, 15) is 0 Å². The van der Waals surface area contributed by atoms with Crippen LogP contribution < -0.4 is 5.73 Å². The number of thiazole rings is 1. The molecule has 15 heavy (non-hydrogen) atoms. The maximum Gasteiger partial charge on any atom is 0.0897 e. The van der Waals surface area contributed by atoms with Crippen LogP contribution in [0.5, 0.6) is 0 Å². The summed E-state index contributed by atoms with van der Waals surface area (Å²) < 4.78 is 0. The fourth-order valence-corrected chi connectivity index (χ4v) is 2.38. The Kier molecular flexibility index (Phi) is 4.74. The van der Waals surface area contributed by atoms with Gasteiger partial charge in [0.1, 0.15) is 0 Å². The van der Waals surface area contributed by atoms with E-state index in [4.69, 9.17) is 5.73 Å². The molecule has 1 rings (SSSR count). The summed E-state index contributed by atoms with van der Waals surface area (Å²) in [5, 5.41) is 3.28. The highest BCUT2D eigenvalue weighted by Crippen LogP contribution is 2.22. The molecule has 1 aromatic rings. The third kappa shape index (κ3) is 3.92. The molecule has 2 N–H and O–H groups in total. The summed E-state index contributed by atoms with van der Waals surface area (Å²) in [6, 6.07) is 0. The maximum atomic E-state index is 6.39. The van der Waals surface area contributed by atoms with Gasteiger partial charge in [-0.2, -0.15) is 0 Å². The number of hydrogen-bond acceptors (Lipinski definition) is 3. The summed E-state index contributed by atoms with van der Waals surface area (Å²) in [6.45, 7) is 6.43. The van der Waals surface area contributed by atoms with Crippen LogP contribution in [0, 0.1) is 6.92 Å². The molecule has 0 radical (unpaired) electrons. The van der Waals surface area contributed by atoms with Crippen molar-refractivity contribution in [3.8, 4) is 0 Å². The van der Waals surface area contributed by atoms with Crippen LogP contribution in [0.2, 0.25) is 0 Å². The maximum absolute atomic E-state index is 6.39. The van der Waals surface area contributed by atoms with E-state index >= 15 is 0 Å². The zero-order chi connectivity index (χ0) is 11.3. The van der Waals surface area contributed by atoms with Gasteiger partial charge < -0.3 is 5.73 Å². The van der Waals surface area contributed by atoms with Crippen molar-refractivity contribution >= 4 is 11.3 Å². The Labute approximate surface area is 96.9 Å². The van der Waals surface area contributed by atoms with Crippen LogP contribution in [-0.4, -0.2) is 10.5 Å². The van der Waals surface area contributed by atoms with Gasteiger partial charge in [0.15, 0.2) is 0 Å². The molecule has 0 aliphatic heterocycles.